The molecule has 0 atom stereocenters. The van der Waals surface area contributed by atoms with E-state index < -0.39 is 5.97 Å². The number of hydrogen-bond acceptors (Lipinski definition) is 3. The zero-order chi connectivity index (χ0) is 12.5. The number of nitrogens with zero attached hydrogens (tertiary/aromatic N) is 2. The summed E-state index contributed by atoms with van der Waals surface area (Å²) in [6.45, 7) is 0.652. The molecule has 18 heavy (non-hydrogen) atoms. The molecule has 5 nitrogen and oxygen atoms in total. The Hall–Kier alpha value is -2.56. The summed E-state index contributed by atoms with van der Waals surface area (Å²) in [6.07, 6.45) is 5.18. The zero-order valence-electron chi connectivity index (χ0n) is 9.41. The molecule has 5 heteroatoms. The van der Waals surface area contributed by atoms with Crippen molar-refractivity contribution >= 4 is 16.9 Å². The molecule has 90 valence electrons. The van der Waals surface area contributed by atoms with E-state index in [1.54, 1.807) is 24.6 Å². The highest BCUT2D eigenvalue weighted by Gasteiger charge is 2.07. The standard InChI is InChI=1S/C13H10N2O3/c16-13(17)11-1-2-12-10(5-11)3-4-15(12)7-9-6-14-18-8-9/h1-6,8H,7H2,(H,16,17). The van der Waals surface area contributed by atoms with Crippen molar-refractivity contribution in [2.24, 2.45) is 0 Å². The summed E-state index contributed by atoms with van der Waals surface area (Å²) in [5.41, 5.74) is 2.25. The largest absolute Gasteiger partial charge is 0.478 e. The van der Waals surface area contributed by atoms with Crippen molar-refractivity contribution in [3.63, 3.8) is 0 Å². The number of aromatic carboxylic acids is 1. The molecule has 1 aromatic carbocycles. The summed E-state index contributed by atoms with van der Waals surface area (Å²) < 4.78 is 6.81. The van der Waals surface area contributed by atoms with E-state index >= 15 is 0 Å². The molecule has 0 spiro atoms. The van der Waals surface area contributed by atoms with Crippen molar-refractivity contribution in [3.05, 3.63) is 54.0 Å². The second kappa shape index (κ2) is 4.03. The number of carbonyl (C=O) groups is 1. The lowest BCUT2D eigenvalue weighted by Gasteiger charge is -2.03. The van der Waals surface area contributed by atoms with Crippen LogP contribution in [0.25, 0.3) is 10.9 Å². The summed E-state index contributed by atoms with van der Waals surface area (Å²) in [6, 6.07) is 6.98. The van der Waals surface area contributed by atoms with Gasteiger partial charge in [-0.15, -0.1) is 0 Å². The van der Waals surface area contributed by atoms with Crippen molar-refractivity contribution in [1.29, 1.82) is 0 Å². The Bertz CT molecular complexity index is 698. The van der Waals surface area contributed by atoms with Crippen LogP contribution in [0.2, 0.25) is 0 Å². The van der Waals surface area contributed by atoms with E-state index in [1.165, 1.54) is 0 Å². The van der Waals surface area contributed by atoms with E-state index in [0.717, 1.165) is 16.5 Å². The smallest absolute Gasteiger partial charge is 0.335 e. The van der Waals surface area contributed by atoms with Crippen LogP contribution in [-0.2, 0) is 6.54 Å². The Balaban J connectivity index is 2.02. The van der Waals surface area contributed by atoms with Gasteiger partial charge in [-0.2, -0.15) is 0 Å². The SMILES string of the molecule is O=C(O)c1ccc2c(ccn2Cc2cnoc2)c1. The molecule has 0 saturated heterocycles. The van der Waals surface area contributed by atoms with Gasteiger partial charge in [0, 0.05) is 22.7 Å². The monoisotopic (exact) mass is 242 g/mol. The van der Waals surface area contributed by atoms with E-state index in [0.29, 0.717) is 12.1 Å². The molecule has 0 amide bonds. The molecule has 0 radical (unpaired) electrons. The number of hydrogen-bond donors (Lipinski definition) is 1. The predicted octanol–water partition coefficient (Wildman–Crippen LogP) is 2.38. The topological polar surface area (TPSA) is 68.3 Å². The normalized spacial score (nSPS) is 10.9. The molecule has 0 bridgehead atoms. The van der Waals surface area contributed by atoms with Crippen LogP contribution in [0.4, 0.5) is 0 Å². The minimum atomic E-state index is -0.913. The number of fused-ring (bicyclic) bond motifs is 1. The van der Waals surface area contributed by atoms with E-state index in [4.69, 9.17) is 9.63 Å². The second-order valence-corrected chi connectivity index (χ2v) is 4.06. The quantitative estimate of drug-likeness (QED) is 0.765. The average Bonchev–Trinajstić information content (AvgIpc) is 2.99. The summed E-state index contributed by atoms with van der Waals surface area (Å²) in [7, 11) is 0. The van der Waals surface area contributed by atoms with E-state index in [2.05, 4.69) is 5.16 Å². The van der Waals surface area contributed by atoms with E-state index in [1.807, 2.05) is 22.9 Å². The van der Waals surface area contributed by atoms with Crippen LogP contribution in [-0.4, -0.2) is 20.8 Å². The number of aromatic nitrogens is 2. The van der Waals surface area contributed by atoms with Gasteiger partial charge in [-0.1, -0.05) is 5.16 Å². The fourth-order valence-electron chi connectivity index (χ4n) is 1.97. The Morgan fingerprint density at radius 1 is 1.39 bits per heavy atom. The Morgan fingerprint density at radius 3 is 3.00 bits per heavy atom. The number of rotatable bonds is 3. The fraction of sp³-hybridized carbons (Fsp3) is 0.0769. The molecular formula is C13H10N2O3. The third kappa shape index (κ3) is 1.75. The highest BCUT2D eigenvalue weighted by atomic mass is 16.5. The van der Waals surface area contributed by atoms with Gasteiger partial charge in [0.15, 0.2) is 0 Å². The lowest BCUT2D eigenvalue weighted by atomic mass is 10.1. The molecule has 3 aromatic rings. The third-order valence-corrected chi connectivity index (χ3v) is 2.85. The van der Waals surface area contributed by atoms with Crippen LogP contribution >= 0.6 is 0 Å². The molecule has 2 heterocycles. The first-order valence-electron chi connectivity index (χ1n) is 5.44. The van der Waals surface area contributed by atoms with Gasteiger partial charge in [-0.05, 0) is 24.3 Å². The first-order valence-corrected chi connectivity index (χ1v) is 5.44. The van der Waals surface area contributed by atoms with E-state index in [9.17, 15) is 4.79 Å². The van der Waals surface area contributed by atoms with Gasteiger partial charge in [-0.25, -0.2) is 4.79 Å². The molecule has 0 fully saturated rings. The Labute approximate surface area is 102 Å². The second-order valence-electron chi connectivity index (χ2n) is 4.06. The predicted molar refractivity (Wildman–Crippen MR) is 64.5 cm³/mol. The van der Waals surface area contributed by atoms with Crippen LogP contribution in [0.3, 0.4) is 0 Å². The number of carboxylic acids is 1. The molecule has 2 aromatic heterocycles. The van der Waals surface area contributed by atoms with E-state index in [-0.39, 0.29) is 0 Å². The van der Waals surface area contributed by atoms with Gasteiger partial charge >= 0.3 is 5.97 Å². The zero-order valence-corrected chi connectivity index (χ0v) is 9.41. The molecule has 0 aliphatic carbocycles. The minimum Gasteiger partial charge on any atom is -0.478 e. The third-order valence-electron chi connectivity index (χ3n) is 2.85. The molecule has 1 N–H and O–H groups in total. The van der Waals surface area contributed by atoms with Crippen molar-refractivity contribution in [2.75, 3.05) is 0 Å². The average molecular weight is 242 g/mol. The van der Waals surface area contributed by atoms with Gasteiger partial charge in [0.2, 0.25) is 0 Å². The number of benzene rings is 1. The van der Waals surface area contributed by atoms with Gasteiger partial charge in [0.1, 0.15) is 6.26 Å². The molecule has 3 rings (SSSR count). The van der Waals surface area contributed by atoms with Crippen LogP contribution in [0.5, 0.6) is 0 Å². The highest BCUT2D eigenvalue weighted by Crippen LogP contribution is 2.19. The van der Waals surface area contributed by atoms with Crippen molar-refractivity contribution in [2.45, 2.75) is 6.54 Å². The minimum absolute atomic E-state index is 0.297. The lowest BCUT2D eigenvalue weighted by molar-refractivity contribution is 0.0697. The fourth-order valence-corrected chi connectivity index (χ4v) is 1.97. The van der Waals surface area contributed by atoms with Crippen LogP contribution in [0.15, 0.2) is 47.4 Å². The van der Waals surface area contributed by atoms with Crippen LogP contribution < -0.4 is 0 Å². The molecular weight excluding hydrogens is 232 g/mol. The van der Waals surface area contributed by atoms with Gasteiger partial charge in [0.05, 0.1) is 18.3 Å². The van der Waals surface area contributed by atoms with Crippen molar-refractivity contribution < 1.29 is 14.4 Å². The molecule has 0 aliphatic heterocycles. The maximum atomic E-state index is 10.9. The van der Waals surface area contributed by atoms with Crippen LogP contribution in [0.1, 0.15) is 15.9 Å². The maximum Gasteiger partial charge on any atom is 0.335 e. The summed E-state index contributed by atoms with van der Waals surface area (Å²) in [5, 5.41) is 13.5. The van der Waals surface area contributed by atoms with Gasteiger partial charge < -0.3 is 14.2 Å². The van der Waals surface area contributed by atoms with Crippen molar-refractivity contribution in [3.8, 4) is 0 Å². The lowest BCUT2D eigenvalue weighted by Crippen LogP contribution is -1.98. The molecule has 0 aliphatic rings. The van der Waals surface area contributed by atoms with Crippen molar-refractivity contribution in [1.82, 2.24) is 9.72 Å². The molecule has 0 unspecified atom stereocenters. The first-order chi connectivity index (χ1) is 8.74. The van der Waals surface area contributed by atoms with Gasteiger partial charge in [0.25, 0.3) is 0 Å². The Kier molecular flexibility index (Phi) is 2.37. The summed E-state index contributed by atoms with van der Waals surface area (Å²) in [5.74, 6) is -0.913. The molecule has 0 saturated carbocycles. The summed E-state index contributed by atoms with van der Waals surface area (Å²) in [4.78, 5) is 10.9. The van der Waals surface area contributed by atoms with Crippen LogP contribution in [0, 0.1) is 0 Å². The van der Waals surface area contributed by atoms with Gasteiger partial charge in [-0.3, -0.25) is 0 Å². The highest BCUT2D eigenvalue weighted by molar-refractivity contribution is 5.93. The Morgan fingerprint density at radius 2 is 2.28 bits per heavy atom. The number of carboxylic acid groups (broad SMARTS) is 1. The maximum absolute atomic E-state index is 10.9. The summed E-state index contributed by atoms with van der Waals surface area (Å²) >= 11 is 0. The first kappa shape index (κ1) is 10.6.